The van der Waals surface area contributed by atoms with Crippen molar-refractivity contribution in [1.29, 1.82) is 0 Å². The van der Waals surface area contributed by atoms with Crippen LogP contribution in [0.25, 0.3) is 0 Å². The maximum absolute atomic E-state index is 12.4. The lowest BCUT2D eigenvalue weighted by Gasteiger charge is -2.18. The number of sulfonamides is 1. The van der Waals surface area contributed by atoms with E-state index in [2.05, 4.69) is 28.8 Å². The lowest BCUT2D eigenvalue weighted by molar-refractivity contribution is 0.273. The number of hydrogen-bond acceptors (Lipinski definition) is 4. The molecular weight excluding hydrogens is 266 g/mol. The fraction of sp³-hybridized carbons (Fsp3) is 0.750. The molecule has 1 aromatic rings. The highest BCUT2D eigenvalue weighted by Gasteiger charge is 2.35. The number of nitrogens with one attached hydrogen (secondary N) is 2. The summed E-state index contributed by atoms with van der Waals surface area (Å²) in [5.74, 6) is 0. The highest BCUT2D eigenvalue weighted by atomic mass is 32.2. The predicted molar refractivity (Wildman–Crippen MR) is 71.0 cm³/mol. The molecule has 19 heavy (non-hydrogen) atoms. The first-order valence-corrected chi connectivity index (χ1v) is 7.90. The molecule has 6 nitrogen and oxygen atoms in total. The third-order valence-corrected chi connectivity index (χ3v) is 5.39. The minimum atomic E-state index is -3.63. The lowest BCUT2D eigenvalue weighted by Crippen LogP contribution is -2.34. The Morgan fingerprint density at radius 3 is 2.74 bits per heavy atom. The zero-order chi connectivity index (χ0) is 14.3. The first-order valence-electron chi connectivity index (χ1n) is 6.42. The largest absolute Gasteiger partial charge is 0.390 e. The minimum Gasteiger partial charge on any atom is -0.390 e. The predicted octanol–water partition coefficient (Wildman–Crippen LogP) is 1.07. The molecule has 0 radical (unpaired) electrons. The van der Waals surface area contributed by atoms with Crippen molar-refractivity contribution in [3.05, 3.63) is 11.4 Å². The number of aromatic amines is 1. The van der Waals surface area contributed by atoms with E-state index >= 15 is 0 Å². The molecule has 0 saturated heterocycles. The van der Waals surface area contributed by atoms with E-state index in [9.17, 15) is 8.42 Å². The summed E-state index contributed by atoms with van der Waals surface area (Å²) in [6.07, 6.45) is 2.69. The van der Waals surface area contributed by atoms with Crippen LogP contribution in [0.2, 0.25) is 0 Å². The molecule has 7 heteroatoms. The molecule has 108 valence electrons. The van der Waals surface area contributed by atoms with E-state index in [4.69, 9.17) is 5.11 Å². The second-order valence-electron chi connectivity index (χ2n) is 6.01. The molecule has 0 amide bonds. The summed E-state index contributed by atoms with van der Waals surface area (Å²) in [6, 6.07) is -0.0409. The Hall–Kier alpha value is -0.920. The molecule has 1 aliphatic carbocycles. The summed E-state index contributed by atoms with van der Waals surface area (Å²) in [6.45, 7) is 5.53. The fourth-order valence-electron chi connectivity index (χ4n) is 2.75. The van der Waals surface area contributed by atoms with Crippen LogP contribution in [0.3, 0.4) is 0 Å². The Morgan fingerprint density at radius 1 is 1.53 bits per heavy atom. The number of hydrogen-bond donors (Lipinski definition) is 3. The van der Waals surface area contributed by atoms with E-state index in [0.29, 0.717) is 5.69 Å². The van der Waals surface area contributed by atoms with Crippen molar-refractivity contribution in [3.8, 4) is 0 Å². The number of nitrogens with zero attached hydrogens (tertiary/aromatic N) is 1. The first-order chi connectivity index (χ1) is 8.75. The maximum atomic E-state index is 12.4. The van der Waals surface area contributed by atoms with Crippen LogP contribution in [0.5, 0.6) is 0 Å². The Balaban J connectivity index is 2.22. The van der Waals surface area contributed by atoms with E-state index in [1.54, 1.807) is 6.92 Å². The molecule has 2 rings (SSSR count). The molecule has 1 aromatic heterocycles. The van der Waals surface area contributed by atoms with Gasteiger partial charge in [-0.15, -0.1) is 0 Å². The number of rotatable bonds is 4. The molecule has 1 atom stereocenters. The summed E-state index contributed by atoms with van der Waals surface area (Å²) >= 11 is 0. The van der Waals surface area contributed by atoms with Gasteiger partial charge in [0.25, 0.3) is 0 Å². The van der Waals surface area contributed by atoms with Crippen LogP contribution in [0, 0.1) is 12.3 Å². The van der Waals surface area contributed by atoms with Crippen LogP contribution in [0.4, 0.5) is 0 Å². The van der Waals surface area contributed by atoms with Crippen LogP contribution < -0.4 is 4.72 Å². The number of aryl methyl sites for hydroxylation is 1. The second-order valence-corrected chi connectivity index (χ2v) is 7.66. The van der Waals surface area contributed by atoms with Gasteiger partial charge in [-0.25, -0.2) is 13.1 Å². The summed E-state index contributed by atoms with van der Waals surface area (Å²) < 4.78 is 27.5. The standard InChI is InChI=1S/C12H21N3O3S/c1-8-11(10(7-16)14-13-8)19(17,18)15-9-4-5-12(2,3)6-9/h9,15-16H,4-7H2,1-3H3,(H,13,14). The number of H-pyrrole nitrogens is 1. The Kier molecular flexibility index (Phi) is 3.72. The average molecular weight is 287 g/mol. The van der Waals surface area contributed by atoms with E-state index in [1.807, 2.05) is 0 Å². The van der Waals surface area contributed by atoms with Crippen LogP contribution in [0.1, 0.15) is 44.5 Å². The molecule has 1 unspecified atom stereocenters. The van der Waals surface area contributed by atoms with Crippen LogP contribution in [-0.4, -0.2) is 29.8 Å². The molecule has 1 saturated carbocycles. The van der Waals surface area contributed by atoms with Crippen molar-refractivity contribution in [3.63, 3.8) is 0 Å². The average Bonchev–Trinajstić information content (AvgIpc) is 2.81. The minimum absolute atomic E-state index is 0.0409. The molecule has 0 aliphatic heterocycles. The van der Waals surface area contributed by atoms with Crippen molar-refractivity contribution < 1.29 is 13.5 Å². The number of aliphatic hydroxyl groups excluding tert-OH is 1. The molecule has 1 aliphatic rings. The van der Waals surface area contributed by atoms with Crippen LogP contribution >= 0.6 is 0 Å². The second kappa shape index (κ2) is 4.88. The summed E-state index contributed by atoms with van der Waals surface area (Å²) in [4.78, 5) is 0.0831. The van der Waals surface area contributed by atoms with Gasteiger partial charge in [-0.3, -0.25) is 5.10 Å². The monoisotopic (exact) mass is 287 g/mol. The molecule has 1 fully saturated rings. The summed E-state index contributed by atoms with van der Waals surface area (Å²) in [7, 11) is -3.63. The number of aromatic nitrogens is 2. The van der Waals surface area contributed by atoms with Gasteiger partial charge >= 0.3 is 0 Å². The van der Waals surface area contributed by atoms with Gasteiger partial charge in [0.1, 0.15) is 10.6 Å². The zero-order valence-electron chi connectivity index (χ0n) is 11.5. The Labute approximate surface area is 113 Å². The van der Waals surface area contributed by atoms with E-state index in [-0.39, 0.29) is 22.0 Å². The van der Waals surface area contributed by atoms with E-state index in [0.717, 1.165) is 19.3 Å². The highest BCUT2D eigenvalue weighted by Crippen LogP contribution is 2.37. The van der Waals surface area contributed by atoms with Crippen molar-refractivity contribution >= 4 is 10.0 Å². The topological polar surface area (TPSA) is 95.1 Å². The van der Waals surface area contributed by atoms with Crippen LogP contribution in [0.15, 0.2) is 4.90 Å². The summed E-state index contributed by atoms with van der Waals surface area (Å²) in [5, 5.41) is 15.6. The highest BCUT2D eigenvalue weighted by molar-refractivity contribution is 7.89. The number of aliphatic hydroxyl groups is 1. The van der Waals surface area contributed by atoms with Gasteiger partial charge in [0.2, 0.25) is 10.0 Å². The molecule has 0 bridgehead atoms. The third kappa shape index (κ3) is 2.98. The lowest BCUT2D eigenvalue weighted by atomic mass is 9.92. The van der Waals surface area contributed by atoms with Crippen molar-refractivity contribution in [2.45, 2.75) is 57.6 Å². The van der Waals surface area contributed by atoms with Crippen molar-refractivity contribution in [2.24, 2.45) is 5.41 Å². The molecule has 1 heterocycles. The van der Waals surface area contributed by atoms with Gasteiger partial charge in [-0.1, -0.05) is 13.8 Å². The zero-order valence-corrected chi connectivity index (χ0v) is 12.3. The Bertz CT molecular complexity index is 563. The van der Waals surface area contributed by atoms with Crippen molar-refractivity contribution in [1.82, 2.24) is 14.9 Å². The molecular formula is C12H21N3O3S. The van der Waals surface area contributed by atoms with E-state index < -0.39 is 16.6 Å². The van der Waals surface area contributed by atoms with Gasteiger partial charge in [-0.2, -0.15) is 5.10 Å². The van der Waals surface area contributed by atoms with Gasteiger partial charge in [0.05, 0.1) is 12.3 Å². The molecule has 3 N–H and O–H groups in total. The normalized spacial score (nSPS) is 22.8. The fourth-order valence-corrected chi connectivity index (χ4v) is 4.38. The molecule has 0 aromatic carbocycles. The van der Waals surface area contributed by atoms with Crippen LogP contribution in [-0.2, 0) is 16.6 Å². The molecule has 0 spiro atoms. The maximum Gasteiger partial charge on any atom is 0.244 e. The summed E-state index contributed by atoms with van der Waals surface area (Å²) in [5.41, 5.74) is 0.800. The van der Waals surface area contributed by atoms with E-state index in [1.165, 1.54) is 0 Å². The third-order valence-electron chi connectivity index (χ3n) is 3.67. The van der Waals surface area contributed by atoms with Gasteiger partial charge in [0.15, 0.2) is 0 Å². The smallest absolute Gasteiger partial charge is 0.244 e. The first kappa shape index (κ1) is 14.5. The van der Waals surface area contributed by atoms with Gasteiger partial charge in [-0.05, 0) is 31.6 Å². The SMILES string of the molecule is Cc1[nH]nc(CO)c1S(=O)(=O)NC1CCC(C)(C)C1. The Morgan fingerprint density at radius 2 is 2.21 bits per heavy atom. The van der Waals surface area contributed by atoms with Gasteiger partial charge in [0, 0.05) is 6.04 Å². The van der Waals surface area contributed by atoms with Crippen molar-refractivity contribution in [2.75, 3.05) is 0 Å². The quantitative estimate of drug-likeness (QED) is 0.772. The van der Waals surface area contributed by atoms with Gasteiger partial charge < -0.3 is 5.11 Å².